The van der Waals surface area contributed by atoms with E-state index in [0.29, 0.717) is 18.0 Å². The predicted octanol–water partition coefficient (Wildman–Crippen LogP) is 1.39. The number of phenols is 1. The number of benzene rings is 1. The summed E-state index contributed by atoms with van der Waals surface area (Å²) in [5.41, 5.74) is 6.70. The van der Waals surface area contributed by atoms with E-state index in [0.717, 1.165) is 18.4 Å². The Balaban J connectivity index is 2.36. The maximum atomic E-state index is 9.79. The Morgan fingerprint density at radius 2 is 2.21 bits per heavy atom. The number of ether oxygens (including phenoxy) is 1. The molecule has 0 heterocycles. The second kappa shape index (κ2) is 3.17. The van der Waals surface area contributed by atoms with Crippen LogP contribution in [0, 0.1) is 0 Å². The molecule has 0 unspecified atom stereocenters. The monoisotopic (exact) mass is 193 g/mol. The molecular weight excluding hydrogens is 178 g/mol. The summed E-state index contributed by atoms with van der Waals surface area (Å²) >= 11 is 0. The van der Waals surface area contributed by atoms with Gasteiger partial charge < -0.3 is 15.6 Å². The Bertz CT molecular complexity index is 345. The zero-order valence-electron chi connectivity index (χ0n) is 8.29. The molecule has 1 saturated carbocycles. The van der Waals surface area contributed by atoms with Gasteiger partial charge in [-0.2, -0.15) is 0 Å². The molecule has 1 aliphatic rings. The Kier molecular flexibility index (Phi) is 2.11. The third-order valence-corrected chi connectivity index (χ3v) is 3.02. The Morgan fingerprint density at radius 3 is 2.64 bits per heavy atom. The van der Waals surface area contributed by atoms with Gasteiger partial charge >= 0.3 is 0 Å². The number of hydrogen-bond acceptors (Lipinski definition) is 3. The molecule has 0 spiro atoms. The highest BCUT2D eigenvalue weighted by atomic mass is 16.5. The number of aromatic hydroxyl groups is 1. The fraction of sp³-hybridized carbons (Fsp3) is 0.455. The Hall–Kier alpha value is -1.22. The fourth-order valence-electron chi connectivity index (χ4n) is 1.82. The number of hydrogen-bond donors (Lipinski definition) is 2. The van der Waals surface area contributed by atoms with E-state index >= 15 is 0 Å². The zero-order chi connectivity index (χ0) is 10.2. The molecule has 0 saturated heterocycles. The van der Waals surface area contributed by atoms with Crippen molar-refractivity contribution in [2.75, 3.05) is 13.7 Å². The van der Waals surface area contributed by atoms with Crippen LogP contribution in [-0.4, -0.2) is 18.8 Å². The zero-order valence-corrected chi connectivity index (χ0v) is 8.29. The summed E-state index contributed by atoms with van der Waals surface area (Å²) in [5, 5.41) is 9.79. The number of rotatable bonds is 3. The lowest BCUT2D eigenvalue weighted by molar-refractivity contribution is 0.405. The van der Waals surface area contributed by atoms with E-state index in [9.17, 15) is 5.11 Å². The van der Waals surface area contributed by atoms with Crippen molar-refractivity contribution >= 4 is 0 Å². The molecule has 1 aromatic carbocycles. The predicted molar refractivity (Wildman–Crippen MR) is 54.6 cm³/mol. The molecular formula is C11H15NO2. The van der Waals surface area contributed by atoms with Crippen molar-refractivity contribution in [2.45, 2.75) is 18.3 Å². The summed E-state index contributed by atoms with van der Waals surface area (Å²) in [6.07, 6.45) is 2.15. The number of phenolic OH excluding ortho intramolecular Hbond substituents is 1. The molecule has 2 rings (SSSR count). The Labute approximate surface area is 83.5 Å². The van der Waals surface area contributed by atoms with Crippen LogP contribution in [0.2, 0.25) is 0 Å². The second-order valence-corrected chi connectivity index (χ2v) is 3.87. The van der Waals surface area contributed by atoms with Crippen LogP contribution < -0.4 is 10.5 Å². The molecule has 0 amide bonds. The van der Waals surface area contributed by atoms with Crippen LogP contribution in [0.15, 0.2) is 18.2 Å². The highest BCUT2D eigenvalue weighted by molar-refractivity contribution is 5.46. The van der Waals surface area contributed by atoms with Gasteiger partial charge in [-0.25, -0.2) is 0 Å². The lowest BCUT2D eigenvalue weighted by Gasteiger charge is -2.15. The molecule has 3 nitrogen and oxygen atoms in total. The first-order valence-electron chi connectivity index (χ1n) is 4.79. The SMILES string of the molecule is COc1ccc(C2(CN)CC2)c(O)c1. The maximum Gasteiger partial charge on any atom is 0.123 e. The van der Waals surface area contributed by atoms with Crippen molar-refractivity contribution < 1.29 is 9.84 Å². The average molecular weight is 193 g/mol. The van der Waals surface area contributed by atoms with Gasteiger partial charge in [0.1, 0.15) is 11.5 Å². The van der Waals surface area contributed by atoms with E-state index < -0.39 is 0 Å². The molecule has 1 fully saturated rings. The van der Waals surface area contributed by atoms with Gasteiger partial charge in [-0.3, -0.25) is 0 Å². The van der Waals surface area contributed by atoms with Gasteiger partial charge in [0.25, 0.3) is 0 Å². The molecule has 0 aromatic heterocycles. The lowest BCUT2D eigenvalue weighted by Crippen LogP contribution is -2.19. The second-order valence-electron chi connectivity index (χ2n) is 3.87. The smallest absolute Gasteiger partial charge is 0.123 e. The lowest BCUT2D eigenvalue weighted by atomic mass is 9.95. The van der Waals surface area contributed by atoms with Crippen molar-refractivity contribution in [3.05, 3.63) is 23.8 Å². The van der Waals surface area contributed by atoms with Crippen molar-refractivity contribution in [1.29, 1.82) is 0 Å². The quantitative estimate of drug-likeness (QED) is 0.762. The average Bonchev–Trinajstić information content (AvgIpc) is 2.98. The summed E-state index contributed by atoms with van der Waals surface area (Å²) in [7, 11) is 1.59. The molecule has 3 N–H and O–H groups in total. The standard InChI is InChI=1S/C11H15NO2/c1-14-8-2-3-9(10(13)6-8)11(7-12)4-5-11/h2-3,6,13H,4-5,7,12H2,1H3. The topological polar surface area (TPSA) is 55.5 Å². The highest BCUT2D eigenvalue weighted by Crippen LogP contribution is 2.50. The molecule has 3 heteroatoms. The van der Waals surface area contributed by atoms with E-state index in [1.54, 1.807) is 13.2 Å². The van der Waals surface area contributed by atoms with Gasteiger partial charge in [-0.05, 0) is 18.9 Å². The minimum Gasteiger partial charge on any atom is -0.508 e. The van der Waals surface area contributed by atoms with Gasteiger partial charge in [0.15, 0.2) is 0 Å². The van der Waals surface area contributed by atoms with Crippen LogP contribution in [-0.2, 0) is 5.41 Å². The minimum absolute atomic E-state index is 0.0381. The van der Waals surface area contributed by atoms with Crippen LogP contribution in [0.4, 0.5) is 0 Å². The largest absolute Gasteiger partial charge is 0.508 e. The maximum absolute atomic E-state index is 9.79. The highest BCUT2D eigenvalue weighted by Gasteiger charge is 2.44. The van der Waals surface area contributed by atoms with E-state index in [1.807, 2.05) is 12.1 Å². The summed E-state index contributed by atoms with van der Waals surface area (Å²) in [6, 6.07) is 5.42. The normalized spacial score (nSPS) is 17.9. The van der Waals surface area contributed by atoms with Crippen LogP contribution in [0.25, 0.3) is 0 Å². The molecule has 0 bridgehead atoms. The van der Waals surface area contributed by atoms with E-state index in [2.05, 4.69) is 0 Å². The molecule has 0 radical (unpaired) electrons. The van der Waals surface area contributed by atoms with Crippen LogP contribution in [0.1, 0.15) is 18.4 Å². The molecule has 0 aliphatic heterocycles. The van der Waals surface area contributed by atoms with Gasteiger partial charge in [0, 0.05) is 23.6 Å². The van der Waals surface area contributed by atoms with E-state index in [-0.39, 0.29) is 5.41 Å². The van der Waals surface area contributed by atoms with E-state index in [1.165, 1.54) is 0 Å². The van der Waals surface area contributed by atoms with Crippen molar-refractivity contribution in [3.63, 3.8) is 0 Å². The number of methoxy groups -OCH3 is 1. The van der Waals surface area contributed by atoms with Gasteiger partial charge in [-0.15, -0.1) is 0 Å². The first-order valence-corrected chi connectivity index (χ1v) is 4.79. The van der Waals surface area contributed by atoms with Crippen molar-refractivity contribution in [1.82, 2.24) is 0 Å². The third-order valence-electron chi connectivity index (χ3n) is 3.02. The Morgan fingerprint density at radius 1 is 1.50 bits per heavy atom. The molecule has 14 heavy (non-hydrogen) atoms. The molecule has 1 aliphatic carbocycles. The summed E-state index contributed by atoms with van der Waals surface area (Å²) < 4.78 is 5.03. The van der Waals surface area contributed by atoms with E-state index in [4.69, 9.17) is 10.5 Å². The first-order chi connectivity index (χ1) is 6.72. The molecule has 0 atom stereocenters. The van der Waals surface area contributed by atoms with Gasteiger partial charge in [0.2, 0.25) is 0 Å². The van der Waals surface area contributed by atoms with Gasteiger partial charge in [-0.1, -0.05) is 6.07 Å². The van der Waals surface area contributed by atoms with Crippen molar-refractivity contribution in [3.8, 4) is 11.5 Å². The van der Waals surface area contributed by atoms with Crippen molar-refractivity contribution in [2.24, 2.45) is 5.73 Å². The summed E-state index contributed by atoms with van der Waals surface area (Å²) in [4.78, 5) is 0. The third kappa shape index (κ3) is 1.34. The number of nitrogens with two attached hydrogens (primary N) is 1. The summed E-state index contributed by atoms with van der Waals surface area (Å²) in [5.74, 6) is 0.978. The van der Waals surface area contributed by atoms with Gasteiger partial charge in [0.05, 0.1) is 7.11 Å². The first kappa shape index (κ1) is 9.34. The fourth-order valence-corrected chi connectivity index (χ4v) is 1.82. The van der Waals surface area contributed by atoms with Crippen LogP contribution in [0.3, 0.4) is 0 Å². The van der Waals surface area contributed by atoms with Crippen LogP contribution in [0.5, 0.6) is 11.5 Å². The minimum atomic E-state index is 0.0381. The summed E-state index contributed by atoms with van der Waals surface area (Å²) in [6.45, 7) is 0.604. The molecule has 1 aromatic rings. The molecule has 76 valence electrons. The van der Waals surface area contributed by atoms with Crippen LogP contribution >= 0.6 is 0 Å².